The first-order chi connectivity index (χ1) is 8.64. The molecule has 0 radical (unpaired) electrons. The summed E-state index contributed by atoms with van der Waals surface area (Å²) in [5.41, 5.74) is 5.57. The van der Waals surface area contributed by atoms with Gasteiger partial charge in [-0.2, -0.15) is 0 Å². The van der Waals surface area contributed by atoms with Crippen LogP contribution in [0.3, 0.4) is 0 Å². The third kappa shape index (κ3) is 3.50. The fourth-order valence-corrected chi connectivity index (χ4v) is 2.78. The second-order valence-corrected chi connectivity index (χ2v) is 6.09. The van der Waals surface area contributed by atoms with Gasteiger partial charge in [-0.3, -0.25) is 4.79 Å². The van der Waals surface area contributed by atoms with Gasteiger partial charge >= 0.3 is 0 Å². The fourth-order valence-electron chi connectivity index (χ4n) is 2.06. The molecule has 0 aromatic heterocycles. The van der Waals surface area contributed by atoms with Crippen LogP contribution in [0.4, 0.5) is 0 Å². The topological polar surface area (TPSA) is 55.1 Å². The van der Waals surface area contributed by atoms with E-state index in [1.165, 1.54) is 12.8 Å². The summed E-state index contributed by atoms with van der Waals surface area (Å²) in [4.78, 5) is 13.1. The van der Waals surface area contributed by atoms with Gasteiger partial charge in [0.05, 0.1) is 11.3 Å². The molecule has 1 aliphatic carbocycles. The Bertz CT molecular complexity index is 406. The molecule has 2 rings (SSSR count). The van der Waals surface area contributed by atoms with Crippen molar-refractivity contribution >= 4 is 17.7 Å². The van der Waals surface area contributed by atoms with Gasteiger partial charge in [-0.05, 0) is 37.8 Å². The molecule has 18 heavy (non-hydrogen) atoms. The number of hydrogen-bond acceptors (Lipinski definition) is 3. The number of benzene rings is 1. The number of amides is 1. The molecule has 0 heterocycles. The van der Waals surface area contributed by atoms with Gasteiger partial charge < -0.3 is 11.1 Å². The second-order valence-electron chi connectivity index (χ2n) is 5.05. The first kappa shape index (κ1) is 13.4. The van der Waals surface area contributed by atoms with Crippen LogP contribution in [-0.4, -0.2) is 23.7 Å². The number of hydrogen-bond donors (Lipinski definition) is 2. The predicted molar refractivity (Wildman–Crippen MR) is 75.5 cm³/mol. The molecule has 1 fully saturated rings. The third-order valence-corrected chi connectivity index (χ3v) is 4.45. The summed E-state index contributed by atoms with van der Waals surface area (Å²) in [6, 6.07) is 9.97. The fraction of sp³-hybridized carbons (Fsp3) is 0.500. The van der Waals surface area contributed by atoms with Crippen molar-refractivity contribution in [2.45, 2.75) is 30.2 Å². The van der Waals surface area contributed by atoms with Crippen LogP contribution in [0.15, 0.2) is 35.2 Å². The molecule has 0 saturated heterocycles. The second kappa shape index (κ2) is 5.76. The highest BCUT2D eigenvalue weighted by molar-refractivity contribution is 8.00. The minimum absolute atomic E-state index is 0.0729. The number of thioether (sulfide) groups is 1. The Morgan fingerprint density at radius 3 is 2.67 bits per heavy atom. The van der Waals surface area contributed by atoms with Crippen molar-refractivity contribution in [1.29, 1.82) is 0 Å². The van der Waals surface area contributed by atoms with Gasteiger partial charge in [-0.25, -0.2) is 0 Å². The van der Waals surface area contributed by atoms with Crippen LogP contribution < -0.4 is 11.1 Å². The van der Waals surface area contributed by atoms with Crippen LogP contribution in [0, 0.1) is 5.92 Å². The molecule has 1 aromatic carbocycles. The third-order valence-electron chi connectivity index (χ3n) is 3.44. The van der Waals surface area contributed by atoms with E-state index in [4.69, 9.17) is 5.73 Å². The summed E-state index contributed by atoms with van der Waals surface area (Å²) in [6.45, 7) is 2.56. The Morgan fingerprint density at radius 2 is 2.11 bits per heavy atom. The largest absolute Gasteiger partial charge is 0.349 e. The minimum atomic E-state index is -0.214. The van der Waals surface area contributed by atoms with Gasteiger partial charge in [0, 0.05) is 11.4 Å². The SMILES string of the molecule is CC(CN)(NC(=O)CSc1ccccc1)C1CC1. The monoisotopic (exact) mass is 264 g/mol. The Balaban J connectivity index is 1.81. The molecular weight excluding hydrogens is 244 g/mol. The standard InChI is InChI=1S/C14H20N2OS/c1-14(10-15,11-7-8-11)16-13(17)9-18-12-5-3-2-4-6-12/h2-6,11H,7-10,15H2,1H3,(H,16,17). The number of carbonyl (C=O) groups is 1. The van der Waals surface area contributed by atoms with Gasteiger partial charge in [0.1, 0.15) is 0 Å². The van der Waals surface area contributed by atoms with Crippen LogP contribution in [0.1, 0.15) is 19.8 Å². The summed E-state index contributed by atoms with van der Waals surface area (Å²) in [5.74, 6) is 1.09. The van der Waals surface area contributed by atoms with Gasteiger partial charge in [0.25, 0.3) is 0 Å². The van der Waals surface area contributed by atoms with Gasteiger partial charge in [0.15, 0.2) is 0 Å². The van der Waals surface area contributed by atoms with E-state index in [0.29, 0.717) is 18.2 Å². The van der Waals surface area contributed by atoms with Crippen LogP contribution in [0.25, 0.3) is 0 Å². The molecule has 1 atom stereocenters. The average molecular weight is 264 g/mol. The summed E-state index contributed by atoms with van der Waals surface area (Å²) in [5, 5.41) is 3.09. The normalized spacial score (nSPS) is 18.1. The Kier molecular flexibility index (Phi) is 4.30. The van der Waals surface area contributed by atoms with Crippen LogP contribution in [0.2, 0.25) is 0 Å². The molecule has 1 amide bonds. The molecule has 1 unspecified atom stereocenters. The minimum Gasteiger partial charge on any atom is -0.349 e. The highest BCUT2D eigenvalue weighted by Crippen LogP contribution is 2.39. The van der Waals surface area contributed by atoms with Crippen molar-refractivity contribution in [3.05, 3.63) is 30.3 Å². The summed E-state index contributed by atoms with van der Waals surface area (Å²) in [6.07, 6.45) is 2.36. The highest BCUT2D eigenvalue weighted by Gasteiger charge is 2.41. The lowest BCUT2D eigenvalue weighted by molar-refractivity contribution is -0.120. The van der Waals surface area contributed by atoms with E-state index < -0.39 is 0 Å². The molecule has 0 spiro atoms. The lowest BCUT2D eigenvalue weighted by Crippen LogP contribution is -2.53. The first-order valence-corrected chi connectivity index (χ1v) is 7.31. The number of nitrogens with two attached hydrogens (primary N) is 1. The lowest BCUT2D eigenvalue weighted by atomic mass is 9.96. The number of rotatable bonds is 6. The first-order valence-electron chi connectivity index (χ1n) is 6.33. The Labute approximate surface area is 113 Å². The molecule has 3 nitrogen and oxygen atoms in total. The molecule has 1 saturated carbocycles. The van der Waals surface area contributed by atoms with E-state index in [2.05, 4.69) is 12.2 Å². The molecule has 0 bridgehead atoms. The van der Waals surface area contributed by atoms with Crippen LogP contribution >= 0.6 is 11.8 Å². The van der Waals surface area contributed by atoms with E-state index in [1.807, 2.05) is 30.3 Å². The highest BCUT2D eigenvalue weighted by atomic mass is 32.2. The summed E-state index contributed by atoms with van der Waals surface area (Å²) < 4.78 is 0. The lowest BCUT2D eigenvalue weighted by Gasteiger charge is -2.29. The maximum Gasteiger partial charge on any atom is 0.230 e. The molecule has 1 aliphatic rings. The average Bonchev–Trinajstić information content (AvgIpc) is 3.22. The van der Waals surface area contributed by atoms with Crippen molar-refractivity contribution in [2.24, 2.45) is 11.7 Å². The van der Waals surface area contributed by atoms with Gasteiger partial charge in [-0.1, -0.05) is 18.2 Å². The molecule has 98 valence electrons. The van der Waals surface area contributed by atoms with Crippen molar-refractivity contribution < 1.29 is 4.79 Å². The molecular formula is C14H20N2OS. The smallest absolute Gasteiger partial charge is 0.230 e. The van der Waals surface area contributed by atoms with Crippen molar-refractivity contribution in [3.8, 4) is 0 Å². The van der Waals surface area contributed by atoms with Gasteiger partial charge in [0.2, 0.25) is 5.91 Å². The van der Waals surface area contributed by atoms with E-state index in [0.717, 1.165) is 4.90 Å². The van der Waals surface area contributed by atoms with Crippen LogP contribution in [-0.2, 0) is 4.79 Å². The van der Waals surface area contributed by atoms with Crippen molar-refractivity contribution in [1.82, 2.24) is 5.32 Å². The van der Waals surface area contributed by atoms with Gasteiger partial charge in [-0.15, -0.1) is 11.8 Å². The van der Waals surface area contributed by atoms with Crippen LogP contribution in [0.5, 0.6) is 0 Å². The molecule has 0 aliphatic heterocycles. The Morgan fingerprint density at radius 1 is 1.44 bits per heavy atom. The zero-order valence-electron chi connectivity index (χ0n) is 10.7. The summed E-state index contributed by atoms with van der Waals surface area (Å²) in [7, 11) is 0. The predicted octanol–water partition coefficient (Wildman–Crippen LogP) is 2.02. The van der Waals surface area contributed by atoms with E-state index in [9.17, 15) is 4.79 Å². The zero-order valence-corrected chi connectivity index (χ0v) is 11.5. The molecule has 1 aromatic rings. The molecule has 3 N–H and O–H groups in total. The van der Waals surface area contributed by atoms with Crippen molar-refractivity contribution in [2.75, 3.05) is 12.3 Å². The number of carbonyl (C=O) groups excluding carboxylic acids is 1. The number of nitrogens with one attached hydrogen (secondary N) is 1. The quantitative estimate of drug-likeness (QED) is 0.773. The van der Waals surface area contributed by atoms with E-state index in [1.54, 1.807) is 11.8 Å². The molecule has 4 heteroatoms. The zero-order chi connectivity index (χ0) is 13.0. The maximum atomic E-state index is 11.9. The van der Waals surface area contributed by atoms with E-state index >= 15 is 0 Å². The Hall–Kier alpha value is -1.00. The van der Waals surface area contributed by atoms with Crippen molar-refractivity contribution in [3.63, 3.8) is 0 Å². The summed E-state index contributed by atoms with van der Waals surface area (Å²) >= 11 is 1.56. The van der Waals surface area contributed by atoms with E-state index in [-0.39, 0.29) is 11.4 Å². The maximum absolute atomic E-state index is 11.9.